The highest BCUT2D eigenvalue weighted by Crippen LogP contribution is 2.02. The largest absolute Gasteiger partial charge is 0.389 e. The van der Waals surface area contributed by atoms with Gasteiger partial charge in [0.05, 0.1) is 31.9 Å². The van der Waals surface area contributed by atoms with Crippen molar-refractivity contribution in [3.63, 3.8) is 0 Å². The maximum absolute atomic E-state index is 9.87. The van der Waals surface area contributed by atoms with Crippen LogP contribution in [0, 0.1) is 11.3 Å². The van der Waals surface area contributed by atoms with Crippen LogP contribution < -0.4 is 0 Å². The molecule has 4 heteroatoms. The van der Waals surface area contributed by atoms with Gasteiger partial charge in [0.1, 0.15) is 0 Å². The van der Waals surface area contributed by atoms with E-state index in [0.717, 1.165) is 18.5 Å². The number of benzene rings is 1. The highest BCUT2D eigenvalue weighted by atomic mass is 16.5. The molecule has 1 rings (SSSR count). The number of nitrogens with zero attached hydrogens (tertiary/aromatic N) is 2. The number of aliphatic hydroxyl groups is 1. The van der Waals surface area contributed by atoms with Crippen LogP contribution in [0.15, 0.2) is 30.3 Å². The molecule has 0 aliphatic carbocycles. The van der Waals surface area contributed by atoms with E-state index in [-0.39, 0.29) is 0 Å². The van der Waals surface area contributed by atoms with Gasteiger partial charge < -0.3 is 9.84 Å². The number of hydrogen-bond donors (Lipinski definition) is 1. The first-order chi connectivity index (χ1) is 9.26. The second kappa shape index (κ2) is 9.51. The summed E-state index contributed by atoms with van der Waals surface area (Å²) in [5.41, 5.74) is 1.09. The lowest BCUT2D eigenvalue weighted by molar-refractivity contribution is 0.0119. The van der Waals surface area contributed by atoms with Crippen molar-refractivity contribution in [1.29, 1.82) is 5.26 Å². The lowest BCUT2D eigenvalue weighted by Gasteiger charge is -2.21. The Morgan fingerprint density at radius 3 is 2.74 bits per heavy atom. The zero-order chi connectivity index (χ0) is 13.9. The first kappa shape index (κ1) is 15.6. The molecule has 0 bridgehead atoms. The van der Waals surface area contributed by atoms with Gasteiger partial charge in [0.2, 0.25) is 0 Å². The molecule has 0 saturated carbocycles. The topological polar surface area (TPSA) is 56.5 Å². The van der Waals surface area contributed by atoms with Crippen molar-refractivity contribution >= 4 is 0 Å². The lowest BCUT2D eigenvalue weighted by Crippen LogP contribution is -2.35. The van der Waals surface area contributed by atoms with Crippen molar-refractivity contribution in [1.82, 2.24) is 4.90 Å². The van der Waals surface area contributed by atoms with Crippen molar-refractivity contribution in [2.45, 2.75) is 26.1 Å². The van der Waals surface area contributed by atoms with Gasteiger partial charge in [-0.05, 0) is 18.5 Å². The van der Waals surface area contributed by atoms with Gasteiger partial charge in [-0.25, -0.2) is 0 Å². The smallest absolute Gasteiger partial charge is 0.0900 e. The predicted molar refractivity (Wildman–Crippen MR) is 74.4 cm³/mol. The fourth-order valence-electron chi connectivity index (χ4n) is 1.89. The van der Waals surface area contributed by atoms with E-state index in [4.69, 9.17) is 10.00 Å². The fraction of sp³-hybridized carbons (Fsp3) is 0.533. The Labute approximate surface area is 115 Å². The Bertz CT molecular complexity index is 375. The summed E-state index contributed by atoms with van der Waals surface area (Å²) in [5.74, 6) is 0. The highest BCUT2D eigenvalue weighted by molar-refractivity contribution is 5.13. The quantitative estimate of drug-likeness (QED) is 0.689. The van der Waals surface area contributed by atoms with E-state index >= 15 is 0 Å². The summed E-state index contributed by atoms with van der Waals surface area (Å²) in [7, 11) is 0. The zero-order valence-electron chi connectivity index (χ0n) is 11.5. The highest BCUT2D eigenvalue weighted by Gasteiger charge is 2.10. The van der Waals surface area contributed by atoms with Crippen LogP contribution in [0.3, 0.4) is 0 Å². The molecule has 1 atom stereocenters. The number of rotatable bonds is 9. The minimum absolute atomic E-state index is 0.292. The SMILES string of the molecule is CCCN(CC#N)CC(O)COCc1ccccc1. The van der Waals surface area contributed by atoms with E-state index in [2.05, 4.69) is 13.0 Å². The molecule has 0 aromatic heterocycles. The molecule has 0 saturated heterocycles. The van der Waals surface area contributed by atoms with Gasteiger partial charge >= 0.3 is 0 Å². The third-order valence-electron chi connectivity index (χ3n) is 2.72. The summed E-state index contributed by atoms with van der Waals surface area (Å²) in [6, 6.07) is 12.0. The predicted octanol–water partition coefficient (Wildman–Crippen LogP) is 1.80. The third-order valence-corrected chi connectivity index (χ3v) is 2.72. The molecule has 1 aromatic carbocycles. The molecule has 19 heavy (non-hydrogen) atoms. The van der Waals surface area contributed by atoms with Crippen LogP contribution in [0.2, 0.25) is 0 Å². The summed E-state index contributed by atoms with van der Waals surface area (Å²) in [4.78, 5) is 1.94. The minimum atomic E-state index is -0.552. The van der Waals surface area contributed by atoms with Crippen LogP contribution in [-0.2, 0) is 11.3 Å². The van der Waals surface area contributed by atoms with E-state index in [1.54, 1.807) is 0 Å². The standard InChI is InChI=1S/C15H22N2O2/c1-2-9-17(10-8-16)11-15(18)13-19-12-14-6-4-3-5-7-14/h3-7,15,18H,2,9-13H2,1H3. The summed E-state index contributed by atoms with van der Waals surface area (Å²) < 4.78 is 5.48. The molecule has 1 aromatic rings. The summed E-state index contributed by atoms with van der Waals surface area (Å²) in [6.07, 6.45) is 0.419. The average Bonchev–Trinajstić information content (AvgIpc) is 2.40. The molecule has 104 valence electrons. The number of aliphatic hydroxyl groups excluding tert-OH is 1. The summed E-state index contributed by atoms with van der Waals surface area (Å²) in [5, 5.41) is 18.6. The molecule has 1 unspecified atom stereocenters. The number of hydrogen-bond acceptors (Lipinski definition) is 4. The van der Waals surface area contributed by atoms with Gasteiger partial charge in [-0.2, -0.15) is 5.26 Å². The maximum Gasteiger partial charge on any atom is 0.0900 e. The molecular weight excluding hydrogens is 240 g/mol. The van der Waals surface area contributed by atoms with Crippen molar-refractivity contribution in [2.75, 3.05) is 26.2 Å². The van der Waals surface area contributed by atoms with E-state index in [1.165, 1.54) is 0 Å². The summed E-state index contributed by atoms with van der Waals surface area (Å²) in [6.45, 7) is 4.51. The Hall–Kier alpha value is -1.41. The number of ether oxygens (including phenoxy) is 1. The maximum atomic E-state index is 9.87. The molecule has 0 radical (unpaired) electrons. The second-order valence-electron chi connectivity index (χ2n) is 4.55. The monoisotopic (exact) mass is 262 g/mol. The van der Waals surface area contributed by atoms with Gasteiger partial charge in [-0.15, -0.1) is 0 Å². The van der Waals surface area contributed by atoms with Crippen molar-refractivity contribution in [2.24, 2.45) is 0 Å². The lowest BCUT2D eigenvalue weighted by atomic mass is 10.2. The fourth-order valence-corrected chi connectivity index (χ4v) is 1.89. The van der Waals surface area contributed by atoms with Gasteiger partial charge in [0.15, 0.2) is 0 Å². The second-order valence-corrected chi connectivity index (χ2v) is 4.55. The van der Waals surface area contributed by atoms with Crippen molar-refractivity contribution in [3.8, 4) is 6.07 Å². The van der Waals surface area contributed by atoms with Crippen molar-refractivity contribution < 1.29 is 9.84 Å². The Morgan fingerprint density at radius 2 is 2.11 bits per heavy atom. The molecule has 4 nitrogen and oxygen atoms in total. The van der Waals surface area contributed by atoms with Crippen LogP contribution in [0.5, 0.6) is 0 Å². The van der Waals surface area contributed by atoms with Crippen LogP contribution in [0.4, 0.5) is 0 Å². The van der Waals surface area contributed by atoms with Crippen LogP contribution in [0.25, 0.3) is 0 Å². The molecule has 0 fully saturated rings. The van der Waals surface area contributed by atoms with Gasteiger partial charge in [0.25, 0.3) is 0 Å². The molecule has 0 spiro atoms. The van der Waals surface area contributed by atoms with E-state index in [0.29, 0.717) is 26.3 Å². The molecule has 1 N–H and O–H groups in total. The molecule has 0 aliphatic rings. The van der Waals surface area contributed by atoms with Crippen LogP contribution in [0.1, 0.15) is 18.9 Å². The normalized spacial score (nSPS) is 12.3. The van der Waals surface area contributed by atoms with Gasteiger partial charge in [-0.3, -0.25) is 4.90 Å². The summed E-state index contributed by atoms with van der Waals surface area (Å²) >= 11 is 0. The van der Waals surface area contributed by atoms with E-state index in [9.17, 15) is 5.11 Å². The Morgan fingerprint density at radius 1 is 1.37 bits per heavy atom. The minimum Gasteiger partial charge on any atom is -0.389 e. The molecule has 0 aliphatic heterocycles. The first-order valence-corrected chi connectivity index (χ1v) is 6.65. The molecule has 0 heterocycles. The Balaban J connectivity index is 2.23. The number of nitriles is 1. The van der Waals surface area contributed by atoms with Gasteiger partial charge in [0, 0.05) is 6.54 Å². The zero-order valence-corrected chi connectivity index (χ0v) is 11.5. The van der Waals surface area contributed by atoms with Crippen LogP contribution >= 0.6 is 0 Å². The average molecular weight is 262 g/mol. The van der Waals surface area contributed by atoms with Crippen LogP contribution in [-0.4, -0.2) is 42.4 Å². The molecular formula is C15H22N2O2. The van der Waals surface area contributed by atoms with E-state index in [1.807, 2.05) is 35.2 Å². The van der Waals surface area contributed by atoms with Gasteiger partial charge in [-0.1, -0.05) is 37.3 Å². The third kappa shape index (κ3) is 6.92. The van der Waals surface area contributed by atoms with Crippen molar-refractivity contribution in [3.05, 3.63) is 35.9 Å². The molecule has 0 amide bonds. The Kier molecular flexibility index (Phi) is 7.83. The van der Waals surface area contributed by atoms with E-state index < -0.39 is 6.10 Å². The first-order valence-electron chi connectivity index (χ1n) is 6.65.